The van der Waals surface area contributed by atoms with Gasteiger partial charge in [-0.1, -0.05) is 67.3 Å². The molecule has 8 rings (SSSR count). The lowest BCUT2D eigenvalue weighted by atomic mass is 10.0. The minimum atomic E-state index is 0.598. The van der Waals surface area contributed by atoms with Crippen LogP contribution in [0.5, 0.6) is 0 Å². The molecule has 48 heavy (non-hydrogen) atoms. The van der Waals surface area contributed by atoms with Gasteiger partial charge in [0.15, 0.2) is 0 Å². The second-order valence-corrected chi connectivity index (χ2v) is 13.7. The molecule has 0 radical (unpaired) electrons. The molecule has 0 amide bonds. The number of hydrogen-bond acceptors (Lipinski definition) is 2. The van der Waals surface area contributed by atoms with Crippen LogP contribution in [0.15, 0.2) is 109 Å². The summed E-state index contributed by atoms with van der Waals surface area (Å²) in [7, 11) is 0. The molecule has 0 bridgehead atoms. The second kappa shape index (κ2) is 12.2. The van der Waals surface area contributed by atoms with Crippen molar-refractivity contribution in [3.63, 3.8) is 0 Å². The van der Waals surface area contributed by atoms with Crippen molar-refractivity contribution in [2.45, 2.75) is 48.5 Å². The van der Waals surface area contributed by atoms with E-state index in [0.717, 1.165) is 50.6 Å². The Hall–Kier alpha value is -5.66. The Kier molecular flexibility index (Phi) is 7.85. The number of aryl methyl sites for hydroxylation is 4. The van der Waals surface area contributed by atoms with Crippen molar-refractivity contribution in [1.29, 1.82) is 5.26 Å². The van der Waals surface area contributed by atoms with Crippen molar-refractivity contribution in [3.8, 4) is 28.7 Å². The average Bonchev–Trinajstić information content (AvgIpc) is 3.55. The standard InChI is InChI=1S/C40H30N4.C4H10/c1-24-7-12-34-29(18-24)30-19-25(2)8-13-35(30)43(34)38-16-11-28(23-41)22-33(38)40-39(6-5-17-42-40)44-36-14-9-26(3)20-31(36)32-21-27(4)10-15-37(32)44;1-4(2)3/h5-22H,1-4H3;4H,1-3H3. The molecular weight excluding hydrogens is 585 g/mol. The molecule has 3 heterocycles. The number of nitriles is 1. The van der Waals surface area contributed by atoms with Gasteiger partial charge < -0.3 is 9.13 Å². The Morgan fingerprint density at radius 3 is 1.38 bits per heavy atom. The molecule has 8 aromatic rings. The summed E-state index contributed by atoms with van der Waals surface area (Å²) < 4.78 is 4.66. The van der Waals surface area contributed by atoms with E-state index in [2.05, 4.69) is 149 Å². The Morgan fingerprint density at radius 1 is 0.542 bits per heavy atom. The van der Waals surface area contributed by atoms with Gasteiger partial charge in [0.05, 0.1) is 50.8 Å². The molecule has 236 valence electrons. The van der Waals surface area contributed by atoms with Gasteiger partial charge in [0, 0.05) is 33.3 Å². The van der Waals surface area contributed by atoms with Crippen LogP contribution >= 0.6 is 0 Å². The number of hydrogen-bond donors (Lipinski definition) is 0. The lowest BCUT2D eigenvalue weighted by Crippen LogP contribution is -2.03. The molecule has 0 saturated carbocycles. The molecule has 0 N–H and O–H groups in total. The second-order valence-electron chi connectivity index (χ2n) is 13.7. The maximum atomic E-state index is 10.0. The number of pyridine rings is 1. The summed E-state index contributed by atoms with van der Waals surface area (Å²) in [6, 6.07) is 39.1. The average molecular weight is 625 g/mol. The summed E-state index contributed by atoms with van der Waals surface area (Å²) in [5.74, 6) is 0.833. The SMILES string of the molecule is CC(C)C.Cc1ccc2c(c1)c1cc(C)ccc1n2-c1ccc(C#N)cc1-c1ncccc1-n1c2ccc(C)cc2c2cc(C)ccc21. The van der Waals surface area contributed by atoms with Crippen LogP contribution < -0.4 is 0 Å². The number of aromatic nitrogens is 3. The third-order valence-electron chi connectivity index (χ3n) is 8.80. The molecule has 0 spiro atoms. The normalized spacial score (nSPS) is 11.4. The van der Waals surface area contributed by atoms with E-state index in [-0.39, 0.29) is 0 Å². The zero-order chi connectivity index (χ0) is 33.7. The van der Waals surface area contributed by atoms with E-state index in [1.54, 1.807) is 0 Å². The molecule has 0 aliphatic heterocycles. The Balaban J connectivity index is 0.000000865. The minimum absolute atomic E-state index is 0.598. The molecule has 0 unspecified atom stereocenters. The predicted molar refractivity (Wildman–Crippen MR) is 203 cm³/mol. The van der Waals surface area contributed by atoms with Gasteiger partial charge in [0.25, 0.3) is 0 Å². The van der Waals surface area contributed by atoms with Gasteiger partial charge in [-0.3, -0.25) is 4.98 Å². The van der Waals surface area contributed by atoms with E-state index in [9.17, 15) is 5.26 Å². The van der Waals surface area contributed by atoms with Gasteiger partial charge in [-0.2, -0.15) is 5.26 Å². The molecule has 5 aromatic carbocycles. The molecular formula is C44H40N4. The van der Waals surface area contributed by atoms with Crippen LogP contribution in [0.1, 0.15) is 48.6 Å². The topological polar surface area (TPSA) is 46.5 Å². The Bertz CT molecular complexity index is 2430. The summed E-state index contributed by atoms with van der Waals surface area (Å²) in [4.78, 5) is 5.04. The molecule has 4 nitrogen and oxygen atoms in total. The zero-order valence-electron chi connectivity index (χ0n) is 28.8. The molecule has 4 heteroatoms. The van der Waals surface area contributed by atoms with Crippen molar-refractivity contribution in [3.05, 3.63) is 137 Å². The first kappa shape index (κ1) is 31.0. The monoisotopic (exact) mass is 624 g/mol. The maximum absolute atomic E-state index is 10.0. The highest BCUT2D eigenvalue weighted by Crippen LogP contribution is 2.40. The van der Waals surface area contributed by atoms with Crippen molar-refractivity contribution < 1.29 is 0 Å². The number of benzene rings is 5. The van der Waals surface area contributed by atoms with Crippen LogP contribution in [0.25, 0.3) is 66.2 Å². The molecule has 0 atom stereocenters. The van der Waals surface area contributed by atoms with Crippen LogP contribution in [0, 0.1) is 44.9 Å². The van der Waals surface area contributed by atoms with Gasteiger partial charge in [0.1, 0.15) is 0 Å². The van der Waals surface area contributed by atoms with Crippen LogP contribution in [0.3, 0.4) is 0 Å². The van der Waals surface area contributed by atoms with E-state index < -0.39 is 0 Å². The summed E-state index contributed by atoms with van der Waals surface area (Å²) >= 11 is 0. The molecule has 3 aromatic heterocycles. The van der Waals surface area contributed by atoms with Gasteiger partial charge in [0.2, 0.25) is 0 Å². The fraction of sp³-hybridized carbons (Fsp3) is 0.182. The minimum Gasteiger partial charge on any atom is -0.309 e. The van der Waals surface area contributed by atoms with Crippen LogP contribution in [-0.2, 0) is 0 Å². The fourth-order valence-corrected chi connectivity index (χ4v) is 6.80. The fourth-order valence-electron chi connectivity index (χ4n) is 6.80. The predicted octanol–water partition coefficient (Wildman–Crippen LogP) is 11.7. The molecule has 0 aliphatic rings. The van der Waals surface area contributed by atoms with Gasteiger partial charge in [-0.25, -0.2) is 0 Å². The van der Waals surface area contributed by atoms with Crippen LogP contribution in [-0.4, -0.2) is 14.1 Å². The van der Waals surface area contributed by atoms with E-state index in [1.807, 2.05) is 24.4 Å². The zero-order valence-corrected chi connectivity index (χ0v) is 28.8. The summed E-state index contributed by atoms with van der Waals surface area (Å²) in [5.41, 5.74) is 13.7. The third-order valence-corrected chi connectivity index (χ3v) is 8.80. The lowest BCUT2D eigenvalue weighted by Gasteiger charge is -2.18. The highest BCUT2D eigenvalue weighted by atomic mass is 15.0. The summed E-state index contributed by atoms with van der Waals surface area (Å²) in [6.45, 7) is 15.1. The highest BCUT2D eigenvalue weighted by molar-refractivity contribution is 6.11. The maximum Gasteiger partial charge on any atom is 0.0991 e. The third kappa shape index (κ3) is 5.32. The van der Waals surface area contributed by atoms with Gasteiger partial charge in [-0.05, 0) is 112 Å². The first-order valence-electron chi connectivity index (χ1n) is 16.7. The molecule has 0 saturated heterocycles. The molecule has 0 fully saturated rings. The van der Waals surface area contributed by atoms with Gasteiger partial charge in [-0.15, -0.1) is 0 Å². The summed E-state index contributed by atoms with van der Waals surface area (Å²) in [5, 5.41) is 14.9. The van der Waals surface area contributed by atoms with Gasteiger partial charge >= 0.3 is 0 Å². The van der Waals surface area contributed by atoms with Crippen LogP contribution in [0.2, 0.25) is 0 Å². The lowest BCUT2D eigenvalue weighted by molar-refractivity contribution is 0.737. The van der Waals surface area contributed by atoms with Crippen molar-refractivity contribution in [2.24, 2.45) is 5.92 Å². The largest absolute Gasteiger partial charge is 0.309 e. The van der Waals surface area contributed by atoms with Crippen LogP contribution in [0.4, 0.5) is 0 Å². The number of rotatable bonds is 3. The highest BCUT2D eigenvalue weighted by Gasteiger charge is 2.21. The van der Waals surface area contributed by atoms with E-state index in [4.69, 9.17) is 4.98 Å². The van der Waals surface area contributed by atoms with Crippen molar-refractivity contribution in [2.75, 3.05) is 0 Å². The Labute approximate surface area is 282 Å². The Morgan fingerprint density at radius 2 is 0.958 bits per heavy atom. The van der Waals surface area contributed by atoms with E-state index in [0.29, 0.717) is 5.56 Å². The first-order valence-corrected chi connectivity index (χ1v) is 16.7. The number of fused-ring (bicyclic) bond motifs is 6. The molecule has 0 aliphatic carbocycles. The summed E-state index contributed by atoms with van der Waals surface area (Å²) in [6.07, 6.45) is 1.85. The van der Waals surface area contributed by atoms with Crippen molar-refractivity contribution >= 4 is 43.6 Å². The smallest absolute Gasteiger partial charge is 0.0991 e. The quantitative estimate of drug-likeness (QED) is 0.196. The first-order chi connectivity index (χ1) is 23.1. The van der Waals surface area contributed by atoms with Crippen molar-refractivity contribution in [1.82, 2.24) is 14.1 Å². The van der Waals surface area contributed by atoms with E-state index >= 15 is 0 Å². The van der Waals surface area contributed by atoms with E-state index in [1.165, 1.54) is 43.8 Å². The number of nitrogens with zero attached hydrogens (tertiary/aromatic N) is 4.